The Morgan fingerprint density at radius 2 is 2.27 bits per heavy atom. The topological polar surface area (TPSA) is 41.6 Å². The normalized spacial score (nSPS) is 10.6. The molecule has 52 valence electrons. The third-order valence-electron chi connectivity index (χ3n) is 1.45. The molecule has 3 nitrogen and oxygen atoms in total. The standard InChI is InChI=1S/C6H3BClN3/c7-3-1-9-5-4(3)10-2-11-6(5)8/h1-2,9H. The van der Waals surface area contributed by atoms with Crippen LogP contribution in [0.5, 0.6) is 0 Å². The van der Waals surface area contributed by atoms with Gasteiger partial charge in [0.15, 0.2) is 5.15 Å². The van der Waals surface area contributed by atoms with Crippen LogP contribution >= 0.6 is 11.6 Å². The van der Waals surface area contributed by atoms with Crippen molar-refractivity contribution in [2.75, 3.05) is 0 Å². The third-order valence-corrected chi connectivity index (χ3v) is 1.73. The third kappa shape index (κ3) is 0.904. The first-order valence-electron chi connectivity index (χ1n) is 3.02. The highest BCUT2D eigenvalue weighted by molar-refractivity contribution is 6.40. The molecule has 0 saturated heterocycles. The van der Waals surface area contributed by atoms with E-state index >= 15 is 0 Å². The van der Waals surface area contributed by atoms with Gasteiger partial charge >= 0.3 is 0 Å². The van der Waals surface area contributed by atoms with Crippen molar-refractivity contribution in [2.24, 2.45) is 0 Å². The first-order valence-corrected chi connectivity index (χ1v) is 3.40. The van der Waals surface area contributed by atoms with Gasteiger partial charge in [-0.3, -0.25) is 0 Å². The second kappa shape index (κ2) is 2.24. The maximum atomic E-state index is 5.73. The number of fused-ring (bicyclic) bond motifs is 1. The number of hydrogen-bond donors (Lipinski definition) is 1. The summed E-state index contributed by atoms with van der Waals surface area (Å²) in [5.74, 6) is 0. The van der Waals surface area contributed by atoms with Gasteiger partial charge in [0.25, 0.3) is 0 Å². The van der Waals surface area contributed by atoms with Gasteiger partial charge < -0.3 is 4.98 Å². The van der Waals surface area contributed by atoms with Crippen LogP contribution in [-0.4, -0.2) is 22.8 Å². The van der Waals surface area contributed by atoms with Crippen molar-refractivity contribution in [3.8, 4) is 0 Å². The number of hydrogen-bond acceptors (Lipinski definition) is 2. The van der Waals surface area contributed by atoms with Gasteiger partial charge in [-0.25, -0.2) is 9.97 Å². The minimum Gasteiger partial charge on any atom is -0.358 e. The molecular weight excluding hydrogens is 160 g/mol. The zero-order valence-corrected chi connectivity index (χ0v) is 6.26. The Kier molecular flexibility index (Phi) is 1.36. The van der Waals surface area contributed by atoms with Crippen molar-refractivity contribution >= 4 is 35.9 Å². The molecule has 0 aliphatic carbocycles. The number of H-pyrrole nitrogens is 1. The highest BCUT2D eigenvalue weighted by atomic mass is 35.5. The molecule has 2 aromatic rings. The summed E-state index contributed by atoms with van der Waals surface area (Å²) in [6.45, 7) is 0. The van der Waals surface area contributed by atoms with E-state index in [-0.39, 0.29) is 0 Å². The van der Waals surface area contributed by atoms with E-state index in [9.17, 15) is 0 Å². The molecule has 0 fully saturated rings. The fourth-order valence-electron chi connectivity index (χ4n) is 0.929. The van der Waals surface area contributed by atoms with Crippen molar-refractivity contribution in [2.45, 2.75) is 0 Å². The second-order valence-electron chi connectivity index (χ2n) is 2.13. The summed E-state index contributed by atoms with van der Waals surface area (Å²) >= 11 is 5.73. The van der Waals surface area contributed by atoms with Gasteiger partial charge in [0.2, 0.25) is 0 Å². The summed E-state index contributed by atoms with van der Waals surface area (Å²) in [7, 11) is 5.56. The van der Waals surface area contributed by atoms with Crippen LogP contribution in [-0.2, 0) is 0 Å². The van der Waals surface area contributed by atoms with Gasteiger partial charge in [-0.2, -0.15) is 0 Å². The van der Waals surface area contributed by atoms with E-state index in [0.29, 0.717) is 21.6 Å². The summed E-state index contributed by atoms with van der Waals surface area (Å²) in [4.78, 5) is 10.6. The number of aromatic amines is 1. The van der Waals surface area contributed by atoms with Gasteiger partial charge in [-0.15, -0.1) is 0 Å². The van der Waals surface area contributed by atoms with Gasteiger partial charge in [-0.1, -0.05) is 17.1 Å². The van der Waals surface area contributed by atoms with Crippen LogP contribution in [0.2, 0.25) is 5.15 Å². The molecule has 2 radical (unpaired) electrons. The minimum absolute atomic E-state index is 0.395. The molecule has 0 spiro atoms. The smallest absolute Gasteiger partial charge is 0.156 e. The number of rotatable bonds is 0. The fourth-order valence-corrected chi connectivity index (χ4v) is 1.12. The van der Waals surface area contributed by atoms with Crippen molar-refractivity contribution in [3.63, 3.8) is 0 Å². The number of halogens is 1. The zero-order chi connectivity index (χ0) is 7.84. The predicted octanol–water partition coefficient (Wildman–Crippen LogP) is 0.405. The maximum Gasteiger partial charge on any atom is 0.156 e. The van der Waals surface area contributed by atoms with Gasteiger partial charge in [0, 0.05) is 0 Å². The molecule has 5 heteroatoms. The van der Waals surface area contributed by atoms with Gasteiger partial charge in [0.05, 0.1) is 5.52 Å². The van der Waals surface area contributed by atoms with E-state index in [4.69, 9.17) is 19.4 Å². The highest BCUT2D eigenvalue weighted by Crippen LogP contribution is 2.13. The lowest BCUT2D eigenvalue weighted by Gasteiger charge is -1.90. The maximum absolute atomic E-state index is 5.73. The van der Waals surface area contributed by atoms with Crippen molar-refractivity contribution in [1.29, 1.82) is 0 Å². The van der Waals surface area contributed by atoms with Crippen LogP contribution in [0.15, 0.2) is 12.5 Å². The lowest BCUT2D eigenvalue weighted by atomic mass is 9.99. The van der Waals surface area contributed by atoms with Crippen LogP contribution in [0.1, 0.15) is 0 Å². The largest absolute Gasteiger partial charge is 0.358 e. The van der Waals surface area contributed by atoms with Crippen LogP contribution in [0.4, 0.5) is 0 Å². The Morgan fingerprint density at radius 3 is 3.00 bits per heavy atom. The first-order chi connectivity index (χ1) is 5.29. The monoisotopic (exact) mass is 163 g/mol. The molecule has 2 aromatic heterocycles. The van der Waals surface area contributed by atoms with E-state index < -0.39 is 0 Å². The molecule has 0 unspecified atom stereocenters. The van der Waals surface area contributed by atoms with Crippen LogP contribution in [0, 0.1) is 0 Å². The Morgan fingerprint density at radius 1 is 1.45 bits per heavy atom. The molecule has 0 aliphatic heterocycles. The molecule has 0 bridgehead atoms. The van der Waals surface area contributed by atoms with E-state index in [1.54, 1.807) is 6.20 Å². The lowest BCUT2D eigenvalue weighted by Crippen LogP contribution is -1.99. The Balaban J connectivity index is 2.94. The molecule has 2 rings (SSSR count). The summed E-state index contributed by atoms with van der Waals surface area (Å²) in [6.07, 6.45) is 3.03. The summed E-state index contributed by atoms with van der Waals surface area (Å²) < 4.78 is 0. The van der Waals surface area contributed by atoms with E-state index in [1.165, 1.54) is 6.33 Å². The highest BCUT2D eigenvalue weighted by Gasteiger charge is 2.03. The number of nitrogens with one attached hydrogen (secondary N) is 1. The average Bonchev–Trinajstić information content (AvgIpc) is 2.35. The van der Waals surface area contributed by atoms with Crippen LogP contribution in [0.25, 0.3) is 11.0 Å². The Labute approximate surface area is 69.2 Å². The molecule has 0 amide bonds. The van der Waals surface area contributed by atoms with Crippen LogP contribution < -0.4 is 5.46 Å². The first kappa shape index (κ1) is 6.67. The molecule has 0 atom stereocenters. The van der Waals surface area contributed by atoms with Crippen molar-refractivity contribution < 1.29 is 0 Å². The number of nitrogens with zero attached hydrogens (tertiary/aromatic N) is 2. The van der Waals surface area contributed by atoms with Gasteiger partial charge in [0.1, 0.15) is 19.7 Å². The van der Waals surface area contributed by atoms with Crippen molar-refractivity contribution in [1.82, 2.24) is 15.0 Å². The Hall–Kier alpha value is -1.03. The summed E-state index contributed by atoms with van der Waals surface area (Å²) in [5.41, 5.74) is 1.95. The molecule has 11 heavy (non-hydrogen) atoms. The molecular formula is C6H3BClN3. The SMILES string of the molecule is [B]c1c[nH]c2c(Cl)ncnc12. The molecule has 0 saturated carbocycles. The Bertz CT molecular complexity index is 398. The summed E-state index contributed by atoms with van der Waals surface area (Å²) in [5, 5.41) is 0.395. The summed E-state index contributed by atoms with van der Waals surface area (Å²) in [6, 6.07) is 0. The van der Waals surface area contributed by atoms with Gasteiger partial charge in [-0.05, 0) is 6.20 Å². The molecule has 0 aliphatic rings. The minimum atomic E-state index is 0.395. The van der Waals surface area contributed by atoms with E-state index in [0.717, 1.165) is 0 Å². The molecule has 2 heterocycles. The predicted molar refractivity (Wildman–Crippen MR) is 44.3 cm³/mol. The second-order valence-corrected chi connectivity index (χ2v) is 2.49. The fraction of sp³-hybridized carbons (Fsp3) is 0. The lowest BCUT2D eigenvalue weighted by molar-refractivity contribution is 1.22. The number of aromatic nitrogens is 3. The quantitative estimate of drug-likeness (QED) is 0.451. The molecule has 1 N–H and O–H groups in total. The molecule has 0 aromatic carbocycles. The van der Waals surface area contributed by atoms with Crippen LogP contribution in [0.3, 0.4) is 0 Å². The van der Waals surface area contributed by atoms with E-state index in [2.05, 4.69) is 15.0 Å². The average molecular weight is 163 g/mol. The van der Waals surface area contributed by atoms with E-state index in [1.807, 2.05) is 0 Å². The zero-order valence-electron chi connectivity index (χ0n) is 5.50. The van der Waals surface area contributed by atoms with Crippen molar-refractivity contribution in [3.05, 3.63) is 17.7 Å².